The van der Waals surface area contributed by atoms with E-state index in [1.54, 1.807) is 36.4 Å². The fraction of sp³-hybridized carbons (Fsp3) is 0.125. The van der Waals surface area contributed by atoms with Gasteiger partial charge >= 0.3 is 0 Å². The van der Waals surface area contributed by atoms with E-state index >= 15 is 0 Å². The van der Waals surface area contributed by atoms with Crippen molar-refractivity contribution in [1.82, 2.24) is 5.43 Å². The number of hydrogen-bond donors (Lipinski definition) is 1. The molecule has 0 spiro atoms. The summed E-state index contributed by atoms with van der Waals surface area (Å²) in [4.78, 5) is 12.1. The van der Waals surface area contributed by atoms with Crippen LogP contribution < -0.4 is 10.2 Å². The van der Waals surface area contributed by atoms with Gasteiger partial charge in [-0.1, -0.05) is 35.9 Å². The molecule has 0 aliphatic heterocycles. The number of para-hydroxylation sites is 1. The number of ether oxygens (including phenoxy) is 1. The lowest BCUT2D eigenvalue weighted by molar-refractivity contribution is 0.0952. The van der Waals surface area contributed by atoms with Crippen molar-refractivity contribution in [2.45, 2.75) is 6.92 Å². The maximum Gasteiger partial charge on any atom is 0.275 e. The molecule has 0 unspecified atom stereocenters. The van der Waals surface area contributed by atoms with Crippen LogP contribution in [0, 0.1) is 0 Å². The van der Waals surface area contributed by atoms with E-state index in [0.29, 0.717) is 22.0 Å². The second kappa shape index (κ2) is 6.90. The quantitative estimate of drug-likeness (QED) is 0.694. The van der Waals surface area contributed by atoms with E-state index in [-0.39, 0.29) is 5.91 Å². The van der Waals surface area contributed by atoms with Crippen molar-refractivity contribution in [3.05, 3.63) is 64.7 Å². The highest BCUT2D eigenvalue weighted by Gasteiger charge is 2.10. The first kappa shape index (κ1) is 15.1. The Labute approximate surface area is 128 Å². The van der Waals surface area contributed by atoms with Gasteiger partial charge in [-0.2, -0.15) is 5.10 Å². The number of carbonyl (C=O) groups excluding carboxylic acids is 1. The van der Waals surface area contributed by atoms with Crippen molar-refractivity contribution < 1.29 is 9.53 Å². The highest BCUT2D eigenvalue weighted by atomic mass is 35.5. The molecule has 0 aliphatic rings. The summed E-state index contributed by atoms with van der Waals surface area (Å²) in [5.41, 5.74) is 4.54. The van der Waals surface area contributed by atoms with Crippen LogP contribution in [0.4, 0.5) is 0 Å². The molecule has 21 heavy (non-hydrogen) atoms. The molecule has 0 aliphatic carbocycles. The summed E-state index contributed by atoms with van der Waals surface area (Å²) in [6, 6.07) is 14.2. The zero-order valence-corrected chi connectivity index (χ0v) is 12.5. The van der Waals surface area contributed by atoms with Gasteiger partial charge in [0.1, 0.15) is 5.75 Å². The van der Waals surface area contributed by atoms with Gasteiger partial charge in [-0.15, -0.1) is 0 Å². The van der Waals surface area contributed by atoms with Gasteiger partial charge in [-0.05, 0) is 36.8 Å². The number of hydrazone groups is 1. The van der Waals surface area contributed by atoms with Crippen molar-refractivity contribution in [2.24, 2.45) is 5.10 Å². The molecule has 0 bridgehead atoms. The van der Waals surface area contributed by atoms with Gasteiger partial charge < -0.3 is 4.74 Å². The molecule has 108 valence electrons. The fourth-order valence-electron chi connectivity index (χ4n) is 1.78. The lowest BCUT2D eigenvalue weighted by Crippen LogP contribution is -2.20. The number of methoxy groups -OCH3 is 1. The third-order valence-corrected chi connectivity index (χ3v) is 3.19. The van der Waals surface area contributed by atoms with Crippen molar-refractivity contribution in [3.63, 3.8) is 0 Å². The van der Waals surface area contributed by atoms with Crippen LogP contribution in [-0.4, -0.2) is 18.7 Å². The third-order valence-electron chi connectivity index (χ3n) is 2.94. The van der Waals surface area contributed by atoms with Crippen LogP contribution in [0.1, 0.15) is 22.8 Å². The Hall–Kier alpha value is -2.33. The van der Waals surface area contributed by atoms with Gasteiger partial charge in [0.15, 0.2) is 0 Å². The first-order valence-corrected chi connectivity index (χ1v) is 6.73. The molecular weight excluding hydrogens is 288 g/mol. The Balaban J connectivity index is 2.12. The molecule has 0 saturated heterocycles. The Morgan fingerprint density at radius 2 is 1.81 bits per heavy atom. The molecule has 0 fully saturated rings. The van der Waals surface area contributed by atoms with Gasteiger partial charge in [0.05, 0.1) is 18.4 Å². The molecule has 2 rings (SSSR count). The van der Waals surface area contributed by atoms with Crippen LogP contribution in [0.15, 0.2) is 53.6 Å². The number of rotatable bonds is 4. The van der Waals surface area contributed by atoms with Crippen LogP contribution in [0.2, 0.25) is 5.02 Å². The minimum Gasteiger partial charge on any atom is -0.496 e. The molecule has 1 amide bonds. The summed E-state index contributed by atoms with van der Waals surface area (Å²) in [7, 11) is 1.52. The summed E-state index contributed by atoms with van der Waals surface area (Å²) in [6.45, 7) is 1.81. The topological polar surface area (TPSA) is 50.7 Å². The highest BCUT2D eigenvalue weighted by molar-refractivity contribution is 6.30. The summed E-state index contributed by atoms with van der Waals surface area (Å²) in [5.74, 6) is 0.190. The van der Waals surface area contributed by atoms with Crippen molar-refractivity contribution in [3.8, 4) is 5.75 Å². The summed E-state index contributed by atoms with van der Waals surface area (Å²) < 4.78 is 5.15. The standard InChI is InChI=1S/C16H15ClN2O2/c1-11(12-7-9-13(17)10-8-12)18-19-16(20)14-5-3-4-6-15(14)21-2/h3-10H,1-2H3,(H,19,20)/b18-11+. The number of benzene rings is 2. The molecular formula is C16H15ClN2O2. The predicted molar refractivity (Wildman–Crippen MR) is 84.1 cm³/mol. The van der Waals surface area contributed by atoms with Crippen molar-refractivity contribution in [2.75, 3.05) is 7.11 Å². The molecule has 0 atom stereocenters. The van der Waals surface area contributed by atoms with E-state index in [4.69, 9.17) is 16.3 Å². The number of halogens is 1. The average molecular weight is 303 g/mol. The third kappa shape index (κ3) is 3.83. The number of nitrogens with zero attached hydrogens (tertiary/aromatic N) is 1. The molecule has 0 aromatic heterocycles. The van der Waals surface area contributed by atoms with E-state index in [2.05, 4.69) is 10.5 Å². The van der Waals surface area contributed by atoms with Gasteiger partial charge in [0.25, 0.3) is 5.91 Å². The number of carbonyl (C=O) groups is 1. The first-order valence-electron chi connectivity index (χ1n) is 6.35. The average Bonchev–Trinajstić information content (AvgIpc) is 2.52. The van der Waals surface area contributed by atoms with E-state index in [1.165, 1.54) is 7.11 Å². The minimum absolute atomic E-state index is 0.319. The largest absolute Gasteiger partial charge is 0.496 e. The summed E-state index contributed by atoms with van der Waals surface area (Å²) in [5, 5.41) is 4.75. The van der Waals surface area contributed by atoms with Gasteiger partial charge in [0, 0.05) is 5.02 Å². The maximum atomic E-state index is 12.1. The van der Waals surface area contributed by atoms with Crippen LogP contribution >= 0.6 is 11.6 Å². The Morgan fingerprint density at radius 1 is 1.14 bits per heavy atom. The second-order valence-corrected chi connectivity index (χ2v) is 4.78. The molecule has 2 aromatic rings. The number of nitrogens with one attached hydrogen (secondary N) is 1. The summed E-state index contributed by atoms with van der Waals surface area (Å²) in [6.07, 6.45) is 0. The zero-order chi connectivity index (χ0) is 15.2. The lowest BCUT2D eigenvalue weighted by atomic mass is 10.1. The highest BCUT2D eigenvalue weighted by Crippen LogP contribution is 2.17. The van der Waals surface area contributed by atoms with Crippen LogP contribution in [0.25, 0.3) is 0 Å². The van der Waals surface area contributed by atoms with Crippen molar-refractivity contribution >= 4 is 23.2 Å². The van der Waals surface area contributed by atoms with Crippen LogP contribution in [-0.2, 0) is 0 Å². The lowest BCUT2D eigenvalue weighted by Gasteiger charge is -2.07. The number of amides is 1. The minimum atomic E-state index is -0.319. The molecule has 0 saturated carbocycles. The molecule has 0 radical (unpaired) electrons. The maximum absolute atomic E-state index is 12.1. The van der Waals surface area contributed by atoms with E-state index < -0.39 is 0 Å². The molecule has 1 N–H and O–H groups in total. The molecule has 5 heteroatoms. The van der Waals surface area contributed by atoms with Gasteiger partial charge in [0.2, 0.25) is 0 Å². The Kier molecular flexibility index (Phi) is 4.95. The predicted octanol–water partition coefficient (Wildman–Crippen LogP) is 3.50. The van der Waals surface area contributed by atoms with Gasteiger partial charge in [-0.25, -0.2) is 5.43 Å². The fourth-order valence-corrected chi connectivity index (χ4v) is 1.91. The summed E-state index contributed by atoms with van der Waals surface area (Å²) >= 11 is 5.83. The second-order valence-electron chi connectivity index (χ2n) is 4.35. The van der Waals surface area contributed by atoms with E-state index in [9.17, 15) is 4.79 Å². The smallest absolute Gasteiger partial charge is 0.275 e. The molecule has 0 heterocycles. The van der Waals surface area contributed by atoms with Crippen LogP contribution in [0.3, 0.4) is 0 Å². The normalized spacial score (nSPS) is 11.1. The zero-order valence-electron chi connectivity index (χ0n) is 11.8. The first-order chi connectivity index (χ1) is 10.1. The van der Waals surface area contributed by atoms with Crippen LogP contribution in [0.5, 0.6) is 5.75 Å². The number of hydrogen-bond acceptors (Lipinski definition) is 3. The molecule has 2 aromatic carbocycles. The Bertz CT molecular complexity index is 666. The molecule has 4 nitrogen and oxygen atoms in total. The van der Waals surface area contributed by atoms with E-state index in [1.807, 2.05) is 19.1 Å². The Morgan fingerprint density at radius 3 is 2.48 bits per heavy atom. The SMILES string of the molecule is COc1ccccc1C(=O)N/N=C(\C)c1ccc(Cl)cc1. The van der Waals surface area contributed by atoms with Crippen molar-refractivity contribution in [1.29, 1.82) is 0 Å². The van der Waals surface area contributed by atoms with E-state index in [0.717, 1.165) is 5.56 Å². The monoisotopic (exact) mass is 302 g/mol. The van der Waals surface area contributed by atoms with Gasteiger partial charge in [-0.3, -0.25) is 4.79 Å².